The highest BCUT2D eigenvalue weighted by Crippen LogP contribution is 2.30. The lowest BCUT2D eigenvalue weighted by Crippen LogP contribution is -2.30. The van der Waals surface area contributed by atoms with E-state index in [1.165, 1.54) is 56.1 Å². The summed E-state index contributed by atoms with van der Waals surface area (Å²) in [6, 6.07) is 14.2. The number of carbonyl (C=O) groups excluding carboxylic acids is 1. The molecular weight excluding hydrogens is 384 g/mol. The van der Waals surface area contributed by atoms with Crippen LogP contribution in [0.25, 0.3) is 33.3 Å². The molecule has 1 fully saturated rings. The van der Waals surface area contributed by atoms with Crippen LogP contribution in [0.3, 0.4) is 0 Å². The monoisotopic (exact) mass is 414 g/mol. The summed E-state index contributed by atoms with van der Waals surface area (Å²) in [7, 11) is 2.23. The van der Waals surface area contributed by atoms with Crippen molar-refractivity contribution in [2.24, 2.45) is 5.92 Å². The lowest BCUT2D eigenvalue weighted by atomic mass is 9.92. The smallest absolute Gasteiger partial charge is 0.150 e. The number of carbonyl (C=O) groups is 1. The van der Waals surface area contributed by atoms with Gasteiger partial charge in [0.25, 0.3) is 0 Å². The fourth-order valence-corrected chi connectivity index (χ4v) is 4.92. The minimum atomic E-state index is 0.660. The van der Waals surface area contributed by atoms with E-state index in [0.717, 1.165) is 41.2 Å². The molecule has 5 heteroatoms. The average molecular weight is 415 g/mol. The van der Waals surface area contributed by atoms with Crippen molar-refractivity contribution in [1.82, 2.24) is 19.4 Å². The molecule has 2 aromatic heterocycles. The van der Waals surface area contributed by atoms with Crippen molar-refractivity contribution >= 4 is 28.2 Å². The van der Waals surface area contributed by atoms with Crippen LogP contribution in [0.4, 0.5) is 0 Å². The van der Waals surface area contributed by atoms with E-state index in [1.807, 2.05) is 18.2 Å². The fraction of sp³-hybridized carbons (Fsp3) is 0.385. The van der Waals surface area contributed by atoms with Crippen LogP contribution < -0.4 is 0 Å². The van der Waals surface area contributed by atoms with Gasteiger partial charge in [0.05, 0.1) is 11.0 Å². The van der Waals surface area contributed by atoms with Crippen LogP contribution >= 0.6 is 0 Å². The van der Waals surface area contributed by atoms with Crippen LogP contribution in [0.5, 0.6) is 0 Å². The summed E-state index contributed by atoms with van der Waals surface area (Å²) < 4.78 is 2.38. The number of likely N-dealkylation sites (tertiary alicyclic amines) is 1. The van der Waals surface area contributed by atoms with Gasteiger partial charge in [-0.2, -0.15) is 0 Å². The number of aromatic nitrogens is 3. The molecule has 0 aliphatic carbocycles. The van der Waals surface area contributed by atoms with Gasteiger partial charge >= 0.3 is 0 Å². The highest BCUT2D eigenvalue weighted by Gasteiger charge is 2.16. The van der Waals surface area contributed by atoms with Crippen LogP contribution in [-0.4, -0.2) is 45.9 Å². The maximum absolute atomic E-state index is 11.1. The van der Waals surface area contributed by atoms with E-state index in [4.69, 9.17) is 4.98 Å². The van der Waals surface area contributed by atoms with Crippen LogP contribution in [0, 0.1) is 5.92 Å². The van der Waals surface area contributed by atoms with Gasteiger partial charge in [-0.3, -0.25) is 4.79 Å². The molecule has 1 N–H and O–H groups in total. The largest absolute Gasteiger partial charge is 0.347 e. The number of unbranched alkanes of at least 4 members (excludes halogenated alkanes) is 1. The first-order chi connectivity index (χ1) is 15.2. The van der Waals surface area contributed by atoms with Gasteiger partial charge in [-0.25, -0.2) is 4.98 Å². The fourth-order valence-electron chi connectivity index (χ4n) is 4.92. The normalized spacial score (nSPS) is 15.8. The molecule has 5 nitrogen and oxygen atoms in total. The van der Waals surface area contributed by atoms with Gasteiger partial charge < -0.3 is 14.5 Å². The Labute approximate surface area is 183 Å². The molecular formula is C26H30N4O. The molecule has 1 aliphatic rings. The first-order valence-electron chi connectivity index (χ1n) is 11.4. The van der Waals surface area contributed by atoms with Gasteiger partial charge in [-0.15, -0.1) is 0 Å². The van der Waals surface area contributed by atoms with E-state index >= 15 is 0 Å². The quantitative estimate of drug-likeness (QED) is 0.320. The summed E-state index contributed by atoms with van der Waals surface area (Å²) in [4.78, 5) is 21.7. The number of nitrogens with one attached hydrogen (secondary N) is 1. The van der Waals surface area contributed by atoms with Crippen molar-refractivity contribution in [1.29, 1.82) is 0 Å². The third-order valence-corrected chi connectivity index (χ3v) is 6.81. The number of aromatic amines is 1. The lowest BCUT2D eigenvalue weighted by molar-refractivity contribution is 0.112. The van der Waals surface area contributed by atoms with Crippen molar-refractivity contribution < 1.29 is 4.79 Å². The number of H-pyrrole nitrogens is 1. The molecule has 5 rings (SSSR count). The summed E-state index contributed by atoms with van der Waals surface area (Å²) in [6.45, 7) is 3.57. The topological polar surface area (TPSA) is 53.9 Å². The number of fused-ring (bicyclic) bond motifs is 2. The van der Waals surface area contributed by atoms with Crippen LogP contribution in [0.2, 0.25) is 0 Å². The average Bonchev–Trinajstić information content (AvgIpc) is 3.41. The number of rotatable bonds is 7. The zero-order chi connectivity index (χ0) is 21.2. The zero-order valence-electron chi connectivity index (χ0n) is 18.2. The molecule has 2 aromatic carbocycles. The first kappa shape index (κ1) is 20.0. The van der Waals surface area contributed by atoms with E-state index in [2.05, 4.69) is 52.0 Å². The molecule has 0 bridgehead atoms. The summed E-state index contributed by atoms with van der Waals surface area (Å²) in [6.07, 6.45) is 9.68. The van der Waals surface area contributed by atoms with Gasteiger partial charge in [0.2, 0.25) is 0 Å². The number of benzene rings is 2. The summed E-state index contributed by atoms with van der Waals surface area (Å²) in [5.74, 6) is 1.76. The van der Waals surface area contributed by atoms with Crippen molar-refractivity contribution in [3.05, 3.63) is 54.2 Å². The molecule has 0 atom stereocenters. The maximum Gasteiger partial charge on any atom is 0.150 e. The standard InChI is InChI=1S/C26H30N4O/c1-29-14-10-19(11-15-29)5-2-3-13-30-16-12-21-22(6-4-7-25(21)30)26-27-23-9-8-20(18-31)17-24(23)28-26/h4,6-9,12,16-19H,2-3,5,10-11,13-15H2,1H3,(H,27,28). The van der Waals surface area contributed by atoms with Gasteiger partial charge in [0.1, 0.15) is 12.1 Å². The molecule has 0 amide bonds. The Morgan fingerprint density at radius 3 is 2.84 bits per heavy atom. The predicted octanol–water partition coefficient (Wildman–Crippen LogP) is 5.51. The Bertz CT molecular complexity index is 1200. The highest BCUT2D eigenvalue weighted by molar-refractivity contribution is 5.96. The number of imidazole rings is 1. The molecule has 160 valence electrons. The Morgan fingerprint density at radius 2 is 2.00 bits per heavy atom. The lowest BCUT2D eigenvalue weighted by Gasteiger charge is -2.28. The van der Waals surface area contributed by atoms with E-state index in [1.54, 1.807) is 0 Å². The second-order valence-electron chi connectivity index (χ2n) is 8.97. The van der Waals surface area contributed by atoms with Crippen molar-refractivity contribution in [2.75, 3.05) is 20.1 Å². The molecule has 1 saturated heterocycles. The molecule has 4 aromatic rings. The minimum Gasteiger partial charge on any atom is -0.347 e. The zero-order valence-corrected chi connectivity index (χ0v) is 18.2. The maximum atomic E-state index is 11.1. The Balaban J connectivity index is 1.30. The van der Waals surface area contributed by atoms with Gasteiger partial charge in [0, 0.05) is 34.8 Å². The van der Waals surface area contributed by atoms with Crippen molar-refractivity contribution in [3.63, 3.8) is 0 Å². The van der Waals surface area contributed by atoms with Crippen LogP contribution in [0.15, 0.2) is 48.7 Å². The van der Waals surface area contributed by atoms with Gasteiger partial charge in [-0.1, -0.05) is 25.0 Å². The number of aldehydes is 1. The number of hydrogen-bond donors (Lipinski definition) is 1. The first-order valence-corrected chi connectivity index (χ1v) is 11.4. The Hall–Kier alpha value is -2.92. The van der Waals surface area contributed by atoms with Crippen molar-refractivity contribution in [2.45, 2.75) is 38.6 Å². The van der Waals surface area contributed by atoms with Crippen LogP contribution in [0.1, 0.15) is 42.5 Å². The summed E-state index contributed by atoms with van der Waals surface area (Å²) in [5.41, 5.74) is 4.79. The number of piperidine rings is 1. The van der Waals surface area contributed by atoms with Crippen molar-refractivity contribution in [3.8, 4) is 11.4 Å². The number of aryl methyl sites for hydroxylation is 1. The molecule has 0 spiro atoms. The third kappa shape index (κ3) is 4.15. The van der Waals surface area contributed by atoms with E-state index < -0.39 is 0 Å². The third-order valence-electron chi connectivity index (χ3n) is 6.81. The second kappa shape index (κ2) is 8.67. The van der Waals surface area contributed by atoms with E-state index in [-0.39, 0.29) is 0 Å². The molecule has 0 saturated carbocycles. The van der Waals surface area contributed by atoms with Crippen LogP contribution in [-0.2, 0) is 6.54 Å². The minimum absolute atomic E-state index is 0.660. The molecule has 0 radical (unpaired) electrons. The molecule has 0 unspecified atom stereocenters. The molecule has 3 heterocycles. The number of hydrogen-bond acceptors (Lipinski definition) is 3. The number of nitrogens with zero attached hydrogens (tertiary/aromatic N) is 3. The Morgan fingerprint density at radius 1 is 1.13 bits per heavy atom. The highest BCUT2D eigenvalue weighted by atomic mass is 16.1. The molecule has 1 aliphatic heterocycles. The van der Waals surface area contributed by atoms with Gasteiger partial charge in [-0.05, 0) is 75.6 Å². The summed E-state index contributed by atoms with van der Waals surface area (Å²) >= 11 is 0. The summed E-state index contributed by atoms with van der Waals surface area (Å²) in [5, 5.41) is 1.22. The SMILES string of the molecule is CN1CCC(CCCCn2ccc3c(-c4nc5ccc(C=O)cc5[nH]4)cccc32)CC1. The Kier molecular flexibility index (Phi) is 5.60. The molecule has 31 heavy (non-hydrogen) atoms. The second-order valence-corrected chi connectivity index (χ2v) is 8.97. The van der Waals surface area contributed by atoms with Gasteiger partial charge in [0.15, 0.2) is 0 Å². The van der Waals surface area contributed by atoms with E-state index in [0.29, 0.717) is 5.56 Å². The predicted molar refractivity (Wildman–Crippen MR) is 126 cm³/mol. The van der Waals surface area contributed by atoms with E-state index in [9.17, 15) is 4.79 Å².